The molecule has 1 aliphatic rings. The van der Waals surface area contributed by atoms with Crippen LogP contribution in [0.1, 0.15) is 64.9 Å². The highest BCUT2D eigenvalue weighted by atomic mass is 16.5. The summed E-state index contributed by atoms with van der Waals surface area (Å²) >= 11 is 0. The molecule has 0 radical (unpaired) electrons. The van der Waals surface area contributed by atoms with Crippen molar-refractivity contribution < 1.29 is 9.32 Å². The zero-order chi connectivity index (χ0) is 21.8. The molecule has 1 fully saturated rings. The van der Waals surface area contributed by atoms with E-state index in [0.29, 0.717) is 23.4 Å². The zero-order valence-corrected chi connectivity index (χ0v) is 18.4. The van der Waals surface area contributed by atoms with Gasteiger partial charge in [0.2, 0.25) is 11.6 Å². The molecule has 3 aromatic rings. The molecular weight excluding hydrogens is 386 g/mol. The van der Waals surface area contributed by atoms with Crippen molar-refractivity contribution in [1.29, 1.82) is 0 Å². The minimum atomic E-state index is -0.211. The van der Waals surface area contributed by atoms with Crippen molar-refractivity contribution >= 4 is 11.9 Å². The molecule has 1 saturated carbocycles. The summed E-state index contributed by atoms with van der Waals surface area (Å²) < 4.78 is 5.36. The Bertz CT molecular complexity index is 1060. The van der Waals surface area contributed by atoms with Crippen LogP contribution in [-0.2, 0) is 0 Å². The number of nitrogens with zero attached hydrogens (tertiary/aromatic N) is 3. The first kappa shape index (κ1) is 21.2. The number of hydrogen-bond donors (Lipinski definition) is 0. The van der Waals surface area contributed by atoms with Gasteiger partial charge in [-0.3, -0.25) is 4.79 Å². The Morgan fingerprint density at radius 2 is 1.84 bits per heavy atom. The molecule has 0 amide bonds. The first-order valence-corrected chi connectivity index (χ1v) is 10.9. The number of allylic oxidation sites excluding steroid dienone is 1. The summed E-state index contributed by atoms with van der Waals surface area (Å²) in [6.07, 6.45) is 6.21. The number of aromatic nitrogens is 2. The monoisotopic (exact) mass is 415 g/mol. The van der Waals surface area contributed by atoms with Gasteiger partial charge in [-0.25, -0.2) is 0 Å². The second-order valence-corrected chi connectivity index (χ2v) is 8.61. The van der Waals surface area contributed by atoms with E-state index < -0.39 is 0 Å². The van der Waals surface area contributed by atoms with Crippen LogP contribution in [0.2, 0.25) is 0 Å². The molecular formula is C26H29N3O2. The predicted molar refractivity (Wildman–Crippen MR) is 122 cm³/mol. The molecule has 0 spiro atoms. The summed E-state index contributed by atoms with van der Waals surface area (Å²) in [5.74, 6) is 0.924. The molecule has 1 heterocycles. The van der Waals surface area contributed by atoms with Crippen molar-refractivity contribution in [2.75, 3.05) is 14.1 Å². The quantitative estimate of drug-likeness (QED) is 0.499. The van der Waals surface area contributed by atoms with Crippen LogP contribution in [0.5, 0.6) is 0 Å². The van der Waals surface area contributed by atoms with Gasteiger partial charge in [-0.15, -0.1) is 0 Å². The number of benzene rings is 2. The van der Waals surface area contributed by atoms with Crippen molar-refractivity contribution in [2.45, 2.75) is 38.6 Å². The fraction of sp³-hybridized carbons (Fsp3) is 0.346. The maximum atomic E-state index is 12.6. The average molecular weight is 416 g/mol. The van der Waals surface area contributed by atoms with Gasteiger partial charge < -0.3 is 9.42 Å². The molecule has 31 heavy (non-hydrogen) atoms. The fourth-order valence-electron chi connectivity index (χ4n) is 4.59. The van der Waals surface area contributed by atoms with Crippen LogP contribution in [0.3, 0.4) is 0 Å². The van der Waals surface area contributed by atoms with Crippen molar-refractivity contribution in [2.24, 2.45) is 5.92 Å². The van der Waals surface area contributed by atoms with Gasteiger partial charge in [0, 0.05) is 17.7 Å². The van der Waals surface area contributed by atoms with Crippen molar-refractivity contribution in [1.82, 2.24) is 15.0 Å². The highest BCUT2D eigenvalue weighted by Crippen LogP contribution is 2.39. The molecule has 0 aliphatic heterocycles. The Kier molecular flexibility index (Phi) is 6.42. The maximum absolute atomic E-state index is 12.6. The number of rotatable bonds is 6. The Morgan fingerprint density at radius 1 is 1.10 bits per heavy atom. The molecule has 1 aliphatic carbocycles. The minimum absolute atomic E-state index is 0.114. The second kappa shape index (κ2) is 9.40. The summed E-state index contributed by atoms with van der Waals surface area (Å²) in [6, 6.07) is 18.6. The Labute approximate surface area is 183 Å². The van der Waals surface area contributed by atoms with Gasteiger partial charge in [-0.2, -0.15) is 4.98 Å². The van der Waals surface area contributed by atoms with E-state index in [1.54, 1.807) is 6.07 Å². The van der Waals surface area contributed by atoms with Crippen LogP contribution >= 0.6 is 0 Å². The van der Waals surface area contributed by atoms with Gasteiger partial charge >= 0.3 is 0 Å². The van der Waals surface area contributed by atoms with Crippen molar-refractivity contribution in [3.8, 4) is 0 Å². The van der Waals surface area contributed by atoms with E-state index in [2.05, 4.69) is 59.5 Å². The van der Waals surface area contributed by atoms with Gasteiger partial charge in [-0.05, 0) is 64.3 Å². The molecule has 1 unspecified atom stereocenters. The van der Waals surface area contributed by atoms with Crippen LogP contribution in [-0.4, -0.2) is 34.9 Å². The summed E-state index contributed by atoms with van der Waals surface area (Å²) in [4.78, 5) is 19.3. The normalized spacial score (nSPS) is 17.5. The summed E-state index contributed by atoms with van der Waals surface area (Å²) in [5, 5.41) is 3.91. The van der Waals surface area contributed by atoms with Crippen LogP contribution in [0.15, 0.2) is 64.7 Å². The lowest BCUT2D eigenvalue weighted by Gasteiger charge is -2.36. The van der Waals surface area contributed by atoms with Crippen molar-refractivity contribution in [3.63, 3.8) is 0 Å². The van der Waals surface area contributed by atoms with E-state index >= 15 is 0 Å². The molecule has 4 rings (SSSR count). The largest absolute Gasteiger partial charge is 0.334 e. The number of carbonyl (C=O) groups excluding carboxylic acids is 1. The molecule has 5 heteroatoms. The first-order chi connectivity index (χ1) is 15.0. The smallest absolute Gasteiger partial charge is 0.250 e. The van der Waals surface area contributed by atoms with Gasteiger partial charge in [-0.1, -0.05) is 64.8 Å². The van der Waals surface area contributed by atoms with Crippen LogP contribution in [0.25, 0.3) is 6.08 Å². The number of hydrogen-bond acceptors (Lipinski definition) is 5. The third-order valence-corrected chi connectivity index (χ3v) is 6.07. The Morgan fingerprint density at radius 3 is 2.52 bits per heavy atom. The summed E-state index contributed by atoms with van der Waals surface area (Å²) in [5.41, 5.74) is 4.29. The molecule has 1 aromatic heterocycles. The van der Waals surface area contributed by atoms with Gasteiger partial charge in [0.25, 0.3) is 5.89 Å². The van der Waals surface area contributed by atoms with E-state index in [-0.39, 0.29) is 11.6 Å². The van der Waals surface area contributed by atoms with Gasteiger partial charge in [0.05, 0.1) is 0 Å². The molecule has 5 nitrogen and oxygen atoms in total. The van der Waals surface area contributed by atoms with E-state index in [0.717, 1.165) is 31.2 Å². The molecule has 160 valence electrons. The van der Waals surface area contributed by atoms with E-state index in [4.69, 9.17) is 4.52 Å². The lowest BCUT2D eigenvalue weighted by molar-refractivity contribution is 0.102. The first-order valence-electron chi connectivity index (χ1n) is 10.9. The highest BCUT2D eigenvalue weighted by Gasteiger charge is 2.28. The fourth-order valence-corrected chi connectivity index (χ4v) is 4.59. The molecule has 0 bridgehead atoms. The number of carbonyl (C=O) groups is 1. The van der Waals surface area contributed by atoms with E-state index in [1.807, 2.05) is 31.2 Å². The predicted octanol–water partition coefficient (Wildman–Crippen LogP) is 5.49. The summed E-state index contributed by atoms with van der Waals surface area (Å²) in [7, 11) is 4.32. The van der Waals surface area contributed by atoms with Crippen LogP contribution in [0.4, 0.5) is 0 Å². The summed E-state index contributed by atoms with van der Waals surface area (Å²) in [6.45, 7) is 1.96. The number of ketones is 1. The third kappa shape index (κ3) is 5.00. The highest BCUT2D eigenvalue weighted by molar-refractivity contribution is 6.06. The van der Waals surface area contributed by atoms with Gasteiger partial charge in [0.15, 0.2) is 0 Å². The van der Waals surface area contributed by atoms with Gasteiger partial charge in [0.1, 0.15) is 0 Å². The topological polar surface area (TPSA) is 59.2 Å². The number of aryl methyl sites for hydroxylation is 1. The molecule has 2 aromatic carbocycles. The Hall–Kier alpha value is -3.05. The van der Waals surface area contributed by atoms with Crippen LogP contribution < -0.4 is 0 Å². The lowest BCUT2D eigenvalue weighted by Crippen LogP contribution is -2.29. The average Bonchev–Trinajstić information content (AvgIpc) is 3.23. The zero-order valence-electron chi connectivity index (χ0n) is 18.4. The van der Waals surface area contributed by atoms with Crippen molar-refractivity contribution in [3.05, 3.63) is 88.6 Å². The molecule has 1 atom stereocenters. The second-order valence-electron chi connectivity index (χ2n) is 8.61. The Balaban J connectivity index is 1.42. The maximum Gasteiger partial charge on any atom is 0.250 e. The van der Waals surface area contributed by atoms with Crippen LogP contribution in [0, 0.1) is 12.8 Å². The SMILES string of the molecule is Cc1cccc(C(=O)c2noc(C=C3CCC(C(c4ccccc4)N(C)C)CC3)n2)c1. The molecule has 0 N–H and O–H groups in total. The lowest BCUT2D eigenvalue weighted by atomic mass is 9.78. The standard InChI is InChI=1S/C26H29N3O2/c1-18-8-7-11-22(16-18)25(30)26-27-23(31-28-26)17-19-12-14-21(15-13-19)24(29(2)3)20-9-5-4-6-10-20/h4-11,16-17,21,24H,12-15H2,1-3H3. The minimum Gasteiger partial charge on any atom is -0.334 e. The van der Waals surface area contributed by atoms with E-state index in [9.17, 15) is 4.79 Å². The van der Waals surface area contributed by atoms with E-state index in [1.165, 1.54) is 11.1 Å². The molecule has 0 saturated heterocycles. The third-order valence-electron chi connectivity index (χ3n) is 6.07.